The van der Waals surface area contributed by atoms with Crippen LogP contribution in [0.1, 0.15) is 35.3 Å². The number of aromatic nitrogens is 1. The van der Waals surface area contributed by atoms with Gasteiger partial charge in [-0.2, -0.15) is 5.26 Å². The lowest BCUT2D eigenvalue weighted by atomic mass is 10.1. The Balaban J connectivity index is 1.40. The van der Waals surface area contributed by atoms with Crippen molar-refractivity contribution in [3.05, 3.63) is 78.1 Å². The number of amides is 1. The Hall–Kier alpha value is -3.85. The number of anilines is 4. The smallest absolute Gasteiger partial charge is 0.274 e. The second kappa shape index (κ2) is 9.10. The Morgan fingerprint density at radius 2 is 1.60 bits per heavy atom. The Bertz CT molecular complexity index is 1050. The number of carbonyl (C=O) groups is 1. The quantitative estimate of drug-likeness (QED) is 0.637. The van der Waals surface area contributed by atoms with E-state index in [0.29, 0.717) is 11.3 Å². The molecule has 4 rings (SSSR count). The second-order valence-corrected chi connectivity index (χ2v) is 7.29. The van der Waals surface area contributed by atoms with E-state index in [2.05, 4.69) is 38.7 Å². The molecule has 1 fully saturated rings. The summed E-state index contributed by atoms with van der Waals surface area (Å²) >= 11 is 0. The van der Waals surface area contributed by atoms with Crippen molar-refractivity contribution in [2.45, 2.75) is 19.3 Å². The van der Waals surface area contributed by atoms with Crippen LogP contribution in [0.15, 0.2) is 66.9 Å². The van der Waals surface area contributed by atoms with E-state index < -0.39 is 0 Å². The van der Waals surface area contributed by atoms with Gasteiger partial charge >= 0.3 is 0 Å². The predicted octanol–water partition coefficient (Wildman–Crippen LogP) is 4.94. The third-order valence-corrected chi connectivity index (χ3v) is 5.14. The topological polar surface area (TPSA) is 81.0 Å². The Labute approximate surface area is 176 Å². The number of hydrogen-bond donors (Lipinski definition) is 2. The molecule has 150 valence electrons. The molecule has 30 heavy (non-hydrogen) atoms. The summed E-state index contributed by atoms with van der Waals surface area (Å²) in [5.41, 5.74) is 4.45. The molecule has 1 aliphatic rings. The average Bonchev–Trinajstić information content (AvgIpc) is 2.81. The first-order valence-corrected chi connectivity index (χ1v) is 10.1. The Morgan fingerprint density at radius 1 is 0.900 bits per heavy atom. The molecule has 2 heterocycles. The summed E-state index contributed by atoms with van der Waals surface area (Å²) < 4.78 is 0. The van der Waals surface area contributed by atoms with Crippen molar-refractivity contribution in [2.75, 3.05) is 28.6 Å². The van der Waals surface area contributed by atoms with E-state index in [1.54, 1.807) is 30.5 Å². The highest BCUT2D eigenvalue weighted by Gasteiger charge is 2.12. The van der Waals surface area contributed by atoms with Gasteiger partial charge in [0.15, 0.2) is 0 Å². The van der Waals surface area contributed by atoms with Crippen molar-refractivity contribution in [2.24, 2.45) is 0 Å². The molecule has 0 unspecified atom stereocenters. The van der Waals surface area contributed by atoms with E-state index in [-0.39, 0.29) is 5.91 Å². The molecular formula is C24H23N5O. The van der Waals surface area contributed by atoms with Gasteiger partial charge in [0.05, 0.1) is 11.6 Å². The molecule has 2 N–H and O–H groups in total. The molecule has 0 aliphatic carbocycles. The van der Waals surface area contributed by atoms with Gasteiger partial charge in [0.25, 0.3) is 5.91 Å². The van der Waals surface area contributed by atoms with E-state index in [1.165, 1.54) is 24.9 Å². The third-order valence-electron chi connectivity index (χ3n) is 5.14. The summed E-state index contributed by atoms with van der Waals surface area (Å²) in [6, 6.07) is 20.7. The van der Waals surface area contributed by atoms with Crippen LogP contribution < -0.4 is 15.5 Å². The normalized spacial score (nSPS) is 13.4. The zero-order valence-corrected chi connectivity index (χ0v) is 16.6. The molecule has 0 atom stereocenters. The van der Waals surface area contributed by atoms with Crippen LogP contribution in [0.2, 0.25) is 0 Å². The summed E-state index contributed by atoms with van der Waals surface area (Å²) in [6.07, 6.45) is 5.37. The minimum atomic E-state index is -0.260. The fraction of sp³-hybridized carbons (Fsp3) is 0.208. The molecule has 6 nitrogen and oxygen atoms in total. The number of nitriles is 1. The number of nitrogens with zero attached hydrogens (tertiary/aromatic N) is 3. The summed E-state index contributed by atoms with van der Waals surface area (Å²) in [5, 5.41) is 15.0. The molecule has 1 aliphatic heterocycles. The average molecular weight is 397 g/mol. The molecule has 0 bridgehead atoms. The van der Waals surface area contributed by atoms with Crippen LogP contribution in [-0.4, -0.2) is 24.0 Å². The van der Waals surface area contributed by atoms with Crippen LogP contribution in [0.3, 0.4) is 0 Å². The maximum Gasteiger partial charge on any atom is 0.274 e. The Kier molecular flexibility index (Phi) is 5.90. The van der Waals surface area contributed by atoms with Crippen molar-refractivity contribution in [1.82, 2.24) is 4.98 Å². The molecular weight excluding hydrogens is 374 g/mol. The molecule has 1 saturated heterocycles. The maximum atomic E-state index is 12.6. The first kappa shape index (κ1) is 19.5. The van der Waals surface area contributed by atoms with Gasteiger partial charge in [0.1, 0.15) is 5.69 Å². The summed E-state index contributed by atoms with van der Waals surface area (Å²) in [6.45, 7) is 2.18. The van der Waals surface area contributed by atoms with Gasteiger partial charge in [-0.3, -0.25) is 9.78 Å². The molecule has 0 radical (unpaired) electrons. The first-order chi connectivity index (χ1) is 14.7. The number of benzene rings is 2. The van der Waals surface area contributed by atoms with Crippen LogP contribution >= 0.6 is 0 Å². The predicted molar refractivity (Wildman–Crippen MR) is 119 cm³/mol. The number of carbonyl (C=O) groups excluding carboxylic acids is 1. The minimum absolute atomic E-state index is 0.260. The van der Waals surface area contributed by atoms with Gasteiger partial charge in [-0.1, -0.05) is 0 Å². The van der Waals surface area contributed by atoms with Crippen molar-refractivity contribution < 1.29 is 4.79 Å². The third kappa shape index (κ3) is 4.76. The fourth-order valence-corrected chi connectivity index (χ4v) is 3.53. The number of rotatable bonds is 5. The zero-order valence-electron chi connectivity index (χ0n) is 16.6. The molecule has 6 heteroatoms. The van der Waals surface area contributed by atoms with E-state index in [4.69, 9.17) is 5.26 Å². The lowest BCUT2D eigenvalue weighted by Crippen LogP contribution is -2.29. The fourth-order valence-electron chi connectivity index (χ4n) is 3.53. The molecule has 1 amide bonds. The highest BCUT2D eigenvalue weighted by Crippen LogP contribution is 2.22. The summed E-state index contributed by atoms with van der Waals surface area (Å²) in [5.74, 6) is -0.260. The number of pyridine rings is 1. The molecule has 0 saturated carbocycles. The van der Waals surface area contributed by atoms with Crippen LogP contribution in [0, 0.1) is 11.3 Å². The van der Waals surface area contributed by atoms with Crippen molar-refractivity contribution in [3.63, 3.8) is 0 Å². The first-order valence-electron chi connectivity index (χ1n) is 10.1. The van der Waals surface area contributed by atoms with Gasteiger partial charge in [0, 0.05) is 42.0 Å². The number of nitrogens with one attached hydrogen (secondary N) is 2. The van der Waals surface area contributed by atoms with Crippen molar-refractivity contribution >= 4 is 28.7 Å². The second-order valence-electron chi connectivity index (χ2n) is 7.29. The lowest BCUT2D eigenvalue weighted by molar-refractivity contribution is 0.102. The van der Waals surface area contributed by atoms with Crippen LogP contribution in [0.4, 0.5) is 22.7 Å². The maximum absolute atomic E-state index is 12.6. The molecule has 1 aromatic heterocycles. The standard InChI is InChI=1S/C24H23N5O/c25-17-18-4-6-19(7-5-18)27-21-12-13-26-23(16-21)24(30)28-20-8-10-22(11-9-20)29-14-2-1-3-15-29/h4-13,16H,1-3,14-15H2,(H,26,27)(H,28,30). The van der Waals surface area contributed by atoms with E-state index in [1.807, 2.05) is 24.3 Å². The van der Waals surface area contributed by atoms with Gasteiger partial charge < -0.3 is 15.5 Å². The van der Waals surface area contributed by atoms with Crippen molar-refractivity contribution in [3.8, 4) is 6.07 Å². The van der Waals surface area contributed by atoms with Crippen LogP contribution in [-0.2, 0) is 0 Å². The van der Waals surface area contributed by atoms with E-state index >= 15 is 0 Å². The number of hydrogen-bond acceptors (Lipinski definition) is 5. The SMILES string of the molecule is N#Cc1ccc(Nc2ccnc(C(=O)Nc3ccc(N4CCCCC4)cc3)c2)cc1. The monoisotopic (exact) mass is 397 g/mol. The minimum Gasteiger partial charge on any atom is -0.372 e. The Morgan fingerprint density at radius 3 is 2.30 bits per heavy atom. The molecule has 2 aromatic carbocycles. The lowest BCUT2D eigenvalue weighted by Gasteiger charge is -2.28. The number of piperidine rings is 1. The highest BCUT2D eigenvalue weighted by molar-refractivity contribution is 6.03. The largest absolute Gasteiger partial charge is 0.372 e. The van der Waals surface area contributed by atoms with Gasteiger partial charge in [-0.25, -0.2) is 0 Å². The van der Waals surface area contributed by atoms with Gasteiger partial charge in [-0.15, -0.1) is 0 Å². The van der Waals surface area contributed by atoms with Crippen molar-refractivity contribution in [1.29, 1.82) is 5.26 Å². The van der Waals surface area contributed by atoms with Gasteiger partial charge in [-0.05, 0) is 79.9 Å². The summed E-state index contributed by atoms with van der Waals surface area (Å²) in [4.78, 5) is 19.2. The zero-order chi connectivity index (χ0) is 20.8. The summed E-state index contributed by atoms with van der Waals surface area (Å²) in [7, 11) is 0. The molecule has 3 aromatic rings. The highest BCUT2D eigenvalue weighted by atomic mass is 16.1. The van der Waals surface area contributed by atoms with Gasteiger partial charge in [0.2, 0.25) is 0 Å². The van der Waals surface area contributed by atoms with Crippen LogP contribution in [0.25, 0.3) is 0 Å². The van der Waals surface area contributed by atoms with Crippen LogP contribution in [0.5, 0.6) is 0 Å². The molecule has 0 spiro atoms. The van der Waals surface area contributed by atoms with E-state index in [9.17, 15) is 4.79 Å². The van der Waals surface area contributed by atoms with E-state index in [0.717, 1.165) is 30.2 Å².